The summed E-state index contributed by atoms with van der Waals surface area (Å²) in [6, 6.07) is 7.54. The van der Waals surface area contributed by atoms with E-state index >= 15 is 0 Å². The summed E-state index contributed by atoms with van der Waals surface area (Å²) in [5.74, 6) is 0.861. The summed E-state index contributed by atoms with van der Waals surface area (Å²) in [6.45, 7) is 1.73. The summed E-state index contributed by atoms with van der Waals surface area (Å²) < 4.78 is 5.27. The van der Waals surface area contributed by atoms with Crippen LogP contribution in [0.5, 0.6) is 0 Å². The van der Waals surface area contributed by atoms with Crippen LogP contribution < -0.4 is 5.73 Å². The minimum Gasteiger partial charge on any atom is -0.416 e. The molecule has 0 saturated heterocycles. The molecule has 0 radical (unpaired) electrons. The van der Waals surface area contributed by atoms with Gasteiger partial charge in [-0.15, -0.1) is 10.2 Å². The Bertz CT molecular complexity index is 711. The summed E-state index contributed by atoms with van der Waals surface area (Å²) in [7, 11) is 0. The fourth-order valence-electron chi connectivity index (χ4n) is 1.47. The molecular formula is C11H9N5OS. The van der Waals surface area contributed by atoms with E-state index in [1.165, 1.54) is 11.8 Å². The van der Waals surface area contributed by atoms with Crippen molar-refractivity contribution in [3.63, 3.8) is 0 Å². The Labute approximate surface area is 107 Å². The molecular weight excluding hydrogens is 250 g/mol. The number of nitrogens with zero attached hydrogens (tertiary/aromatic N) is 4. The molecule has 0 unspecified atom stereocenters. The van der Waals surface area contributed by atoms with E-state index in [0.29, 0.717) is 22.0 Å². The van der Waals surface area contributed by atoms with Gasteiger partial charge in [0.25, 0.3) is 5.22 Å². The van der Waals surface area contributed by atoms with Gasteiger partial charge >= 0.3 is 0 Å². The van der Waals surface area contributed by atoms with Gasteiger partial charge in [-0.2, -0.15) is 0 Å². The Balaban J connectivity index is 2.03. The molecule has 7 heteroatoms. The van der Waals surface area contributed by atoms with Gasteiger partial charge in [0.2, 0.25) is 5.89 Å². The summed E-state index contributed by atoms with van der Waals surface area (Å²) in [4.78, 5) is 8.71. The van der Waals surface area contributed by atoms with Crippen molar-refractivity contribution in [2.75, 3.05) is 5.73 Å². The molecule has 2 aromatic heterocycles. The van der Waals surface area contributed by atoms with Crippen LogP contribution in [0.1, 0.15) is 5.89 Å². The standard InChI is InChI=1S/C11H9N5OS/c1-6-15-16-11(17-6)18-10-9(12)13-7-4-2-3-5-8(7)14-10/h2-5H,1H3,(H2,12,13). The second-order valence-electron chi connectivity index (χ2n) is 3.59. The van der Waals surface area contributed by atoms with Gasteiger partial charge in [0, 0.05) is 6.92 Å². The number of benzene rings is 1. The van der Waals surface area contributed by atoms with Crippen LogP contribution in [0.15, 0.2) is 38.9 Å². The van der Waals surface area contributed by atoms with Gasteiger partial charge in [0.15, 0.2) is 5.82 Å². The number of hydrogen-bond acceptors (Lipinski definition) is 7. The lowest BCUT2D eigenvalue weighted by molar-refractivity contribution is 0.429. The van der Waals surface area contributed by atoms with Crippen molar-refractivity contribution < 1.29 is 4.42 Å². The Hall–Kier alpha value is -2.15. The number of rotatable bonds is 2. The van der Waals surface area contributed by atoms with Crippen LogP contribution >= 0.6 is 11.8 Å². The van der Waals surface area contributed by atoms with Crippen molar-refractivity contribution in [1.82, 2.24) is 20.2 Å². The highest BCUT2D eigenvalue weighted by Crippen LogP contribution is 2.29. The highest BCUT2D eigenvalue weighted by molar-refractivity contribution is 7.99. The molecule has 2 N–H and O–H groups in total. The number of hydrogen-bond donors (Lipinski definition) is 1. The summed E-state index contributed by atoms with van der Waals surface area (Å²) in [5.41, 5.74) is 7.40. The zero-order chi connectivity index (χ0) is 12.5. The number of nitrogens with two attached hydrogens (primary N) is 1. The fourth-order valence-corrected chi connectivity index (χ4v) is 2.18. The van der Waals surface area contributed by atoms with Crippen LogP contribution in [-0.2, 0) is 0 Å². The maximum absolute atomic E-state index is 5.86. The van der Waals surface area contributed by atoms with E-state index in [2.05, 4.69) is 20.2 Å². The van der Waals surface area contributed by atoms with E-state index in [4.69, 9.17) is 10.2 Å². The lowest BCUT2D eigenvalue weighted by atomic mass is 10.3. The molecule has 0 saturated carbocycles. The smallest absolute Gasteiger partial charge is 0.283 e. The van der Waals surface area contributed by atoms with Crippen LogP contribution in [0, 0.1) is 6.92 Å². The first-order valence-electron chi connectivity index (χ1n) is 5.22. The van der Waals surface area contributed by atoms with Crippen molar-refractivity contribution in [2.45, 2.75) is 17.2 Å². The molecule has 3 rings (SSSR count). The molecule has 0 amide bonds. The first-order valence-corrected chi connectivity index (χ1v) is 6.04. The third-order valence-corrected chi connectivity index (χ3v) is 3.09. The van der Waals surface area contributed by atoms with Crippen LogP contribution in [0.3, 0.4) is 0 Å². The van der Waals surface area contributed by atoms with E-state index in [1.54, 1.807) is 6.92 Å². The number of fused-ring (bicyclic) bond motifs is 1. The maximum Gasteiger partial charge on any atom is 0.283 e. The van der Waals surface area contributed by atoms with Crippen LogP contribution in [0.2, 0.25) is 0 Å². The predicted octanol–water partition coefficient (Wildman–Crippen LogP) is 2.05. The quantitative estimate of drug-likeness (QED) is 0.753. The van der Waals surface area contributed by atoms with Gasteiger partial charge in [0.05, 0.1) is 11.0 Å². The van der Waals surface area contributed by atoms with Gasteiger partial charge < -0.3 is 10.2 Å². The maximum atomic E-state index is 5.86. The highest BCUT2D eigenvalue weighted by atomic mass is 32.2. The average molecular weight is 259 g/mol. The molecule has 0 atom stereocenters. The first-order chi connectivity index (χ1) is 8.72. The van der Waals surface area contributed by atoms with E-state index in [9.17, 15) is 0 Å². The molecule has 3 aromatic rings. The Morgan fingerprint density at radius 1 is 1.11 bits per heavy atom. The molecule has 1 aromatic carbocycles. The van der Waals surface area contributed by atoms with Gasteiger partial charge in [-0.1, -0.05) is 12.1 Å². The van der Waals surface area contributed by atoms with Gasteiger partial charge in [0.1, 0.15) is 5.03 Å². The lowest BCUT2D eigenvalue weighted by Crippen LogP contribution is -1.97. The van der Waals surface area contributed by atoms with Crippen LogP contribution in [-0.4, -0.2) is 20.2 Å². The van der Waals surface area contributed by atoms with Crippen molar-refractivity contribution in [3.8, 4) is 0 Å². The molecule has 18 heavy (non-hydrogen) atoms. The Morgan fingerprint density at radius 2 is 1.83 bits per heavy atom. The first kappa shape index (κ1) is 11.0. The predicted molar refractivity (Wildman–Crippen MR) is 67.1 cm³/mol. The van der Waals surface area contributed by atoms with Gasteiger partial charge in [-0.3, -0.25) is 0 Å². The third kappa shape index (κ3) is 2.00. The minimum absolute atomic E-state index is 0.356. The Morgan fingerprint density at radius 3 is 2.50 bits per heavy atom. The number of anilines is 1. The van der Waals surface area contributed by atoms with Crippen LogP contribution in [0.25, 0.3) is 11.0 Å². The van der Waals surface area contributed by atoms with E-state index in [-0.39, 0.29) is 0 Å². The van der Waals surface area contributed by atoms with Gasteiger partial charge in [-0.05, 0) is 23.9 Å². The monoisotopic (exact) mass is 259 g/mol. The highest BCUT2D eigenvalue weighted by Gasteiger charge is 2.11. The van der Waals surface area contributed by atoms with E-state index in [0.717, 1.165) is 11.0 Å². The molecule has 0 bridgehead atoms. The molecule has 0 aliphatic carbocycles. The topological polar surface area (TPSA) is 90.7 Å². The van der Waals surface area contributed by atoms with E-state index in [1.807, 2.05) is 24.3 Å². The largest absolute Gasteiger partial charge is 0.416 e. The molecule has 90 valence electrons. The Kier molecular flexibility index (Phi) is 2.60. The van der Waals surface area contributed by atoms with Crippen molar-refractivity contribution >= 4 is 28.6 Å². The summed E-state index contributed by atoms with van der Waals surface area (Å²) in [5, 5.41) is 8.61. The number of nitrogen functional groups attached to an aromatic ring is 1. The lowest BCUT2D eigenvalue weighted by Gasteiger charge is -2.02. The summed E-state index contributed by atoms with van der Waals surface area (Å²) >= 11 is 1.21. The molecule has 2 heterocycles. The number of aryl methyl sites for hydroxylation is 1. The number of para-hydroxylation sites is 2. The molecule has 6 nitrogen and oxygen atoms in total. The average Bonchev–Trinajstić information content (AvgIpc) is 2.76. The summed E-state index contributed by atoms with van der Waals surface area (Å²) in [6.07, 6.45) is 0. The van der Waals surface area contributed by atoms with Crippen molar-refractivity contribution in [3.05, 3.63) is 30.2 Å². The minimum atomic E-state index is 0.356. The molecule has 0 aliphatic heterocycles. The molecule has 0 fully saturated rings. The molecule has 0 aliphatic rings. The zero-order valence-electron chi connectivity index (χ0n) is 9.49. The van der Waals surface area contributed by atoms with Crippen molar-refractivity contribution in [2.24, 2.45) is 0 Å². The fraction of sp³-hybridized carbons (Fsp3) is 0.0909. The van der Waals surface area contributed by atoms with Crippen LogP contribution in [0.4, 0.5) is 5.82 Å². The third-order valence-electron chi connectivity index (χ3n) is 2.26. The van der Waals surface area contributed by atoms with Crippen molar-refractivity contribution in [1.29, 1.82) is 0 Å². The molecule has 0 spiro atoms. The second-order valence-corrected chi connectivity index (χ2v) is 4.53. The number of aromatic nitrogens is 4. The SMILES string of the molecule is Cc1nnc(Sc2nc3ccccc3nc2N)o1. The van der Waals surface area contributed by atoms with Gasteiger partial charge in [-0.25, -0.2) is 9.97 Å². The van der Waals surface area contributed by atoms with E-state index < -0.39 is 0 Å². The normalized spacial score (nSPS) is 10.9. The second kappa shape index (κ2) is 4.26. The zero-order valence-corrected chi connectivity index (χ0v) is 10.3.